The lowest BCUT2D eigenvalue weighted by molar-refractivity contribution is 0.186. The molecule has 0 radical (unpaired) electrons. The monoisotopic (exact) mass is 444 g/mol. The van der Waals surface area contributed by atoms with Gasteiger partial charge in [0.05, 0.1) is 19.0 Å². The molecule has 0 aliphatic rings. The first-order chi connectivity index (χ1) is 13.5. The van der Waals surface area contributed by atoms with E-state index >= 15 is 0 Å². The van der Waals surface area contributed by atoms with Crippen molar-refractivity contribution < 1.29 is 13.9 Å². The molecule has 1 amide bonds. The lowest BCUT2D eigenvalue weighted by Crippen LogP contribution is -2.14. The zero-order valence-electron chi connectivity index (χ0n) is 15.3. The van der Waals surface area contributed by atoms with E-state index in [1.54, 1.807) is 18.5 Å². The Balaban J connectivity index is 1.84. The van der Waals surface area contributed by atoms with E-state index in [2.05, 4.69) is 41.3 Å². The summed E-state index contributed by atoms with van der Waals surface area (Å²) in [5, 5.41) is 5.59. The zero-order chi connectivity index (χ0) is 20.1. The van der Waals surface area contributed by atoms with Crippen LogP contribution >= 0.6 is 15.9 Å². The number of nitrogens with zero attached hydrogens (tertiary/aromatic N) is 2. The molecule has 2 aromatic heterocycles. The maximum absolute atomic E-state index is 14.7. The van der Waals surface area contributed by atoms with Crippen LogP contribution < -0.4 is 10.6 Å². The number of aromatic nitrogens is 2. The highest BCUT2D eigenvalue weighted by molar-refractivity contribution is 9.10. The fourth-order valence-electron chi connectivity index (χ4n) is 2.62. The van der Waals surface area contributed by atoms with Crippen LogP contribution in [0.25, 0.3) is 0 Å². The minimum absolute atomic E-state index is 0.167. The van der Waals surface area contributed by atoms with E-state index in [0.29, 0.717) is 12.0 Å². The van der Waals surface area contributed by atoms with E-state index in [1.807, 2.05) is 31.2 Å². The lowest BCUT2D eigenvalue weighted by atomic mass is 10.0. The molecular formula is C20H18BrFN4O2. The summed E-state index contributed by atoms with van der Waals surface area (Å²) in [6.45, 7) is 1.95. The summed E-state index contributed by atoms with van der Waals surface area (Å²) < 4.78 is 20.2. The molecule has 0 aliphatic carbocycles. The van der Waals surface area contributed by atoms with Gasteiger partial charge in [-0.2, -0.15) is 0 Å². The smallest absolute Gasteiger partial charge is 0.412 e. The summed E-state index contributed by atoms with van der Waals surface area (Å²) in [5.74, 6) is -0.766. The number of pyridine rings is 2. The van der Waals surface area contributed by atoms with Crippen molar-refractivity contribution in [2.24, 2.45) is 0 Å². The molecule has 0 spiro atoms. The Morgan fingerprint density at radius 3 is 2.64 bits per heavy atom. The van der Waals surface area contributed by atoms with Crippen LogP contribution in [0.2, 0.25) is 0 Å². The Morgan fingerprint density at radius 1 is 1.18 bits per heavy atom. The highest BCUT2D eigenvalue weighted by Crippen LogP contribution is 2.26. The van der Waals surface area contributed by atoms with Crippen LogP contribution in [-0.2, 0) is 11.2 Å². The maximum atomic E-state index is 14.7. The highest BCUT2D eigenvalue weighted by atomic mass is 79.9. The number of carbonyl (C=O) groups excluding carboxylic acids is 1. The second kappa shape index (κ2) is 8.79. The number of hydrogen-bond donors (Lipinski definition) is 2. The predicted molar refractivity (Wildman–Crippen MR) is 109 cm³/mol. The average molecular weight is 445 g/mol. The number of nitrogens with one attached hydrogen (secondary N) is 2. The van der Waals surface area contributed by atoms with Gasteiger partial charge >= 0.3 is 6.09 Å². The number of anilines is 3. The van der Waals surface area contributed by atoms with Gasteiger partial charge in [0.15, 0.2) is 11.6 Å². The molecule has 8 heteroatoms. The first-order valence-corrected chi connectivity index (χ1v) is 9.21. The van der Waals surface area contributed by atoms with Gasteiger partial charge in [0.1, 0.15) is 0 Å². The van der Waals surface area contributed by atoms with Crippen molar-refractivity contribution in [2.45, 2.75) is 13.3 Å². The molecule has 2 N–H and O–H groups in total. The van der Waals surface area contributed by atoms with Gasteiger partial charge in [-0.3, -0.25) is 10.3 Å². The summed E-state index contributed by atoms with van der Waals surface area (Å²) in [6.07, 6.45) is 4.40. The Bertz CT molecular complexity index is 996. The summed E-state index contributed by atoms with van der Waals surface area (Å²) >= 11 is 3.41. The van der Waals surface area contributed by atoms with Crippen molar-refractivity contribution in [3.05, 3.63) is 75.9 Å². The number of halogens is 2. The summed E-state index contributed by atoms with van der Waals surface area (Å²) in [5.41, 5.74) is 3.96. The molecule has 28 heavy (non-hydrogen) atoms. The van der Waals surface area contributed by atoms with E-state index in [-0.39, 0.29) is 5.82 Å². The highest BCUT2D eigenvalue weighted by Gasteiger charge is 2.14. The minimum Gasteiger partial charge on any atom is -0.453 e. The summed E-state index contributed by atoms with van der Waals surface area (Å²) in [6, 6.07) is 9.35. The van der Waals surface area contributed by atoms with Crippen LogP contribution in [0.5, 0.6) is 0 Å². The van der Waals surface area contributed by atoms with E-state index in [0.717, 1.165) is 27.0 Å². The van der Waals surface area contributed by atoms with Crippen LogP contribution in [0.1, 0.15) is 16.7 Å². The Labute approximate surface area is 170 Å². The van der Waals surface area contributed by atoms with Crippen LogP contribution in [0.3, 0.4) is 0 Å². The van der Waals surface area contributed by atoms with Crippen LogP contribution in [0.15, 0.2) is 53.4 Å². The molecule has 0 aliphatic heterocycles. The molecule has 0 bridgehead atoms. The van der Waals surface area contributed by atoms with Gasteiger partial charge < -0.3 is 10.1 Å². The molecule has 3 rings (SSSR count). The molecule has 0 fully saturated rings. The largest absolute Gasteiger partial charge is 0.453 e. The topological polar surface area (TPSA) is 76.1 Å². The number of rotatable bonds is 5. The van der Waals surface area contributed by atoms with Gasteiger partial charge in [-0.25, -0.2) is 14.2 Å². The van der Waals surface area contributed by atoms with E-state index < -0.39 is 11.9 Å². The van der Waals surface area contributed by atoms with Crippen LogP contribution in [0, 0.1) is 12.7 Å². The second-order valence-electron chi connectivity index (χ2n) is 6.03. The number of carbonyl (C=O) groups is 1. The molecule has 1 aromatic carbocycles. The third-order valence-electron chi connectivity index (χ3n) is 4.20. The van der Waals surface area contributed by atoms with Gasteiger partial charge in [-0.1, -0.05) is 15.9 Å². The second-order valence-corrected chi connectivity index (χ2v) is 6.94. The van der Waals surface area contributed by atoms with Gasteiger partial charge in [0.2, 0.25) is 0 Å². The normalized spacial score (nSPS) is 10.4. The molecule has 0 saturated heterocycles. The Kier molecular flexibility index (Phi) is 6.20. The molecule has 6 nitrogen and oxygen atoms in total. The fraction of sp³-hybridized carbons (Fsp3) is 0.150. The quantitative estimate of drug-likeness (QED) is 0.565. The molecule has 2 heterocycles. The van der Waals surface area contributed by atoms with Crippen LogP contribution in [-0.4, -0.2) is 23.2 Å². The van der Waals surface area contributed by atoms with E-state index in [9.17, 15) is 9.18 Å². The first kappa shape index (κ1) is 19.8. The maximum Gasteiger partial charge on any atom is 0.412 e. The molecular weight excluding hydrogens is 427 g/mol. The SMILES string of the molecule is COC(=O)Nc1nccc(Cc2cncc(Nc3ccc(Br)cc3)c2C)c1F. The molecule has 144 valence electrons. The summed E-state index contributed by atoms with van der Waals surface area (Å²) in [4.78, 5) is 19.5. The van der Waals surface area contributed by atoms with Crippen molar-refractivity contribution in [3.8, 4) is 0 Å². The lowest BCUT2D eigenvalue weighted by Gasteiger charge is -2.14. The molecule has 3 aromatic rings. The zero-order valence-corrected chi connectivity index (χ0v) is 16.9. The van der Waals surface area contributed by atoms with Gasteiger partial charge in [-0.05, 0) is 53.9 Å². The van der Waals surface area contributed by atoms with Crippen molar-refractivity contribution in [2.75, 3.05) is 17.7 Å². The average Bonchev–Trinajstić information content (AvgIpc) is 2.69. The van der Waals surface area contributed by atoms with E-state index in [4.69, 9.17) is 0 Å². The summed E-state index contributed by atoms with van der Waals surface area (Å²) in [7, 11) is 1.20. The first-order valence-electron chi connectivity index (χ1n) is 8.42. The third-order valence-corrected chi connectivity index (χ3v) is 4.73. The fourth-order valence-corrected chi connectivity index (χ4v) is 2.89. The Morgan fingerprint density at radius 2 is 1.93 bits per heavy atom. The van der Waals surface area contributed by atoms with Crippen molar-refractivity contribution in [1.82, 2.24) is 9.97 Å². The third kappa shape index (κ3) is 4.64. The van der Waals surface area contributed by atoms with Gasteiger partial charge in [0.25, 0.3) is 0 Å². The van der Waals surface area contributed by atoms with Gasteiger partial charge in [-0.15, -0.1) is 0 Å². The molecule has 0 saturated carbocycles. The van der Waals surface area contributed by atoms with E-state index in [1.165, 1.54) is 13.3 Å². The number of ether oxygens (including phenoxy) is 1. The van der Waals surface area contributed by atoms with Crippen molar-refractivity contribution in [3.63, 3.8) is 0 Å². The number of methoxy groups -OCH3 is 1. The van der Waals surface area contributed by atoms with Crippen molar-refractivity contribution >= 4 is 39.2 Å². The molecule has 0 unspecified atom stereocenters. The Hall–Kier alpha value is -3.00. The standard InChI is InChI=1S/C20H18BrFN4O2/c1-12-14(9-13-7-8-24-19(18(13)22)26-20(27)28-2)10-23-11-17(12)25-16-5-3-15(21)4-6-16/h3-8,10-11,25H,9H2,1-2H3,(H,24,26,27). The number of amides is 1. The van der Waals surface area contributed by atoms with Crippen LogP contribution in [0.4, 0.5) is 26.4 Å². The van der Waals surface area contributed by atoms with Crippen molar-refractivity contribution in [1.29, 1.82) is 0 Å². The number of benzene rings is 1. The minimum atomic E-state index is -0.776. The molecule has 0 atom stereocenters. The predicted octanol–water partition coefficient (Wildman–Crippen LogP) is 5.20. The van der Waals surface area contributed by atoms with Gasteiger partial charge in [0, 0.05) is 29.0 Å². The number of hydrogen-bond acceptors (Lipinski definition) is 5.